The van der Waals surface area contributed by atoms with Crippen molar-refractivity contribution in [3.63, 3.8) is 0 Å². The summed E-state index contributed by atoms with van der Waals surface area (Å²) >= 11 is 7.54. The Morgan fingerprint density at radius 1 is 1.47 bits per heavy atom. The molecule has 2 aliphatic heterocycles. The Kier molecular flexibility index (Phi) is 8.53. The molecule has 0 spiro atoms. The highest BCUT2D eigenvalue weighted by atomic mass is 32.9. The zero-order valence-electron chi connectivity index (χ0n) is 23.3. The Hall–Kier alpha value is -0.593. The number of aromatic nitrogens is 2. The van der Waals surface area contributed by atoms with Gasteiger partial charge in [0.1, 0.15) is 18.0 Å². The summed E-state index contributed by atoms with van der Waals surface area (Å²) in [5, 5.41) is -0.156. The van der Waals surface area contributed by atoms with Crippen molar-refractivity contribution < 1.29 is 22.6 Å². The quantitative estimate of drug-likeness (QED) is 0.229. The monoisotopic (exact) mass is 605 g/mol. The molecule has 1 saturated carbocycles. The second-order valence-corrected chi connectivity index (χ2v) is 23.8. The van der Waals surface area contributed by atoms with Gasteiger partial charge in [-0.1, -0.05) is 44.3 Å². The highest BCUT2D eigenvalue weighted by Gasteiger charge is 2.55. The van der Waals surface area contributed by atoms with Crippen LogP contribution in [-0.4, -0.2) is 53.7 Å². The van der Waals surface area contributed by atoms with Crippen molar-refractivity contribution in [1.29, 1.82) is 0 Å². The SMILES string of the molecule is C=C(C)[C@H]1CC[C@@]2(C)SP(=S)(OC[C@H]3O[C@@H](n4ccc(N)nc4=O)[C@H](F)[C@@H]3O[Si](C)(C)C(C)(C)C)O[C@@H]2C1. The average Bonchev–Trinajstić information content (AvgIpc) is 3.23. The number of anilines is 1. The summed E-state index contributed by atoms with van der Waals surface area (Å²) in [4.78, 5) is 16.3. The smallest absolute Gasteiger partial charge is 0.351 e. The van der Waals surface area contributed by atoms with E-state index in [1.54, 1.807) is 11.4 Å². The van der Waals surface area contributed by atoms with Crippen LogP contribution < -0.4 is 11.4 Å². The molecule has 1 aromatic rings. The summed E-state index contributed by atoms with van der Waals surface area (Å²) in [6.45, 7) is 18.8. The lowest BCUT2D eigenvalue weighted by Gasteiger charge is -2.39. The molecular formula is C25H41FN3O5PS2Si. The van der Waals surface area contributed by atoms with Crippen molar-refractivity contribution in [3.8, 4) is 0 Å². The molecule has 0 aromatic carbocycles. The summed E-state index contributed by atoms with van der Waals surface area (Å²) < 4.78 is 42.4. The maximum atomic E-state index is 16.0. The Bertz CT molecular complexity index is 1180. The zero-order chi connectivity index (χ0) is 28.3. The lowest BCUT2D eigenvalue weighted by Crippen LogP contribution is -2.49. The number of alkyl halides is 1. The van der Waals surface area contributed by atoms with E-state index in [2.05, 4.69) is 59.3 Å². The Morgan fingerprint density at radius 3 is 2.76 bits per heavy atom. The van der Waals surface area contributed by atoms with E-state index >= 15 is 4.39 Å². The van der Waals surface area contributed by atoms with E-state index in [4.69, 9.17) is 35.8 Å². The van der Waals surface area contributed by atoms with Gasteiger partial charge in [-0.05, 0) is 75.0 Å². The summed E-state index contributed by atoms with van der Waals surface area (Å²) in [6, 6.07) is 1.44. The van der Waals surface area contributed by atoms with E-state index in [-0.39, 0.29) is 28.3 Å². The summed E-state index contributed by atoms with van der Waals surface area (Å²) in [5.74, 6) is 0.473. The van der Waals surface area contributed by atoms with Crippen LogP contribution in [0.1, 0.15) is 60.1 Å². The molecule has 8 nitrogen and oxygen atoms in total. The molecule has 3 heterocycles. The van der Waals surface area contributed by atoms with Gasteiger partial charge in [0, 0.05) is 10.9 Å². The van der Waals surface area contributed by atoms with Gasteiger partial charge >= 0.3 is 5.69 Å². The van der Waals surface area contributed by atoms with Crippen LogP contribution in [0.25, 0.3) is 0 Å². The minimum Gasteiger partial charge on any atom is -0.408 e. The van der Waals surface area contributed by atoms with Crippen molar-refractivity contribution in [3.05, 3.63) is 34.9 Å². The minimum atomic E-state index is -2.71. The highest BCUT2D eigenvalue weighted by Crippen LogP contribution is 2.75. The molecule has 2 N–H and O–H groups in total. The van der Waals surface area contributed by atoms with E-state index < -0.39 is 44.3 Å². The molecule has 0 amide bonds. The third-order valence-electron chi connectivity index (χ3n) is 8.47. The summed E-state index contributed by atoms with van der Waals surface area (Å²) in [5.41, 5.74) is 3.41. The van der Waals surface area contributed by atoms with Crippen LogP contribution in [0.2, 0.25) is 18.1 Å². The van der Waals surface area contributed by atoms with Crippen LogP contribution in [0.5, 0.6) is 0 Å². The average molecular weight is 606 g/mol. The fourth-order valence-corrected chi connectivity index (χ4v) is 13.4. The van der Waals surface area contributed by atoms with Crippen LogP contribution in [0.4, 0.5) is 10.2 Å². The Labute approximate surface area is 235 Å². The molecule has 8 atom stereocenters. The minimum absolute atomic E-state index is 0.00432. The van der Waals surface area contributed by atoms with Gasteiger partial charge in [-0.3, -0.25) is 4.57 Å². The standard InChI is InChI=1S/C25H41FN3O5PS2Si/c1-15(2)16-9-11-25(6)18(13-16)33-35(36,37-25)31-14-17-21(34-38(7,8)24(3,4)5)20(26)22(32-17)29-12-10-19(27)28-23(29)30/h10,12,16-18,20-22H,1,9,11,13-14H2,2-8H3,(H2,27,28,30)/t16-,17+,18+,20+,21+,22+,25+,35?/m0/s1. The molecule has 38 heavy (non-hydrogen) atoms. The fraction of sp³-hybridized carbons (Fsp3) is 0.760. The van der Waals surface area contributed by atoms with Gasteiger partial charge in [-0.15, -0.1) is 0 Å². The molecule has 4 rings (SSSR count). The molecular weight excluding hydrogens is 564 g/mol. The van der Waals surface area contributed by atoms with Crippen LogP contribution in [0.3, 0.4) is 0 Å². The van der Waals surface area contributed by atoms with Gasteiger partial charge in [0.15, 0.2) is 20.7 Å². The number of nitrogens with two attached hydrogens (primary N) is 1. The predicted octanol–water partition coefficient (Wildman–Crippen LogP) is 5.96. The van der Waals surface area contributed by atoms with Crippen LogP contribution >= 0.6 is 17.1 Å². The van der Waals surface area contributed by atoms with Gasteiger partial charge in [0.25, 0.3) is 0 Å². The third-order valence-corrected chi connectivity index (χ3v) is 18.8. The Balaban J connectivity index is 1.55. The van der Waals surface area contributed by atoms with Crippen molar-refractivity contribution in [2.24, 2.45) is 5.92 Å². The topological polar surface area (TPSA) is 97.8 Å². The maximum absolute atomic E-state index is 16.0. The van der Waals surface area contributed by atoms with E-state index in [0.717, 1.165) is 23.8 Å². The molecule has 2 saturated heterocycles. The van der Waals surface area contributed by atoms with Crippen molar-refractivity contribution >= 4 is 43.0 Å². The number of fused-ring (bicyclic) bond motifs is 1. The molecule has 1 aromatic heterocycles. The lowest BCUT2D eigenvalue weighted by atomic mass is 9.77. The summed E-state index contributed by atoms with van der Waals surface area (Å²) in [6.07, 6.45) is -0.270. The fourth-order valence-electron chi connectivity index (χ4n) is 4.94. The van der Waals surface area contributed by atoms with Gasteiger partial charge in [-0.2, -0.15) is 4.98 Å². The molecule has 13 heteroatoms. The van der Waals surface area contributed by atoms with Gasteiger partial charge in [0.2, 0.25) is 5.69 Å². The maximum Gasteiger partial charge on any atom is 0.351 e. The zero-order valence-corrected chi connectivity index (χ0v) is 26.8. The molecule has 3 fully saturated rings. The first-order chi connectivity index (χ1) is 17.4. The first-order valence-electron chi connectivity index (χ1n) is 13.1. The normalized spacial score (nSPS) is 37.8. The number of nitrogen functional groups attached to an aromatic ring is 1. The van der Waals surface area contributed by atoms with Gasteiger partial charge < -0.3 is 23.9 Å². The van der Waals surface area contributed by atoms with Crippen molar-refractivity contribution in [2.45, 2.75) is 107 Å². The number of allylic oxidation sites excluding steroid dienone is 1. The summed E-state index contributed by atoms with van der Waals surface area (Å²) in [7, 11) is -2.40. The number of nitrogens with zero attached hydrogens (tertiary/aromatic N) is 2. The number of ether oxygens (including phenoxy) is 1. The first-order valence-corrected chi connectivity index (χ1v) is 20.0. The van der Waals surface area contributed by atoms with Gasteiger partial charge in [0.05, 0.1) is 12.7 Å². The van der Waals surface area contributed by atoms with Crippen molar-refractivity contribution in [2.75, 3.05) is 12.3 Å². The molecule has 1 aliphatic carbocycles. The van der Waals surface area contributed by atoms with Crippen molar-refractivity contribution in [1.82, 2.24) is 9.55 Å². The van der Waals surface area contributed by atoms with Crippen LogP contribution in [-0.2, 0) is 30.0 Å². The van der Waals surface area contributed by atoms with E-state index in [9.17, 15) is 4.79 Å². The largest absolute Gasteiger partial charge is 0.408 e. The lowest BCUT2D eigenvalue weighted by molar-refractivity contribution is -0.0439. The molecule has 3 aliphatic rings. The van der Waals surface area contributed by atoms with E-state index in [1.807, 2.05) is 0 Å². The molecule has 0 bridgehead atoms. The van der Waals surface area contributed by atoms with Gasteiger partial charge in [-0.25, -0.2) is 9.18 Å². The predicted molar refractivity (Wildman–Crippen MR) is 157 cm³/mol. The third kappa shape index (κ3) is 6.03. The second-order valence-electron chi connectivity index (χ2n) is 12.5. The molecule has 214 valence electrons. The van der Waals surface area contributed by atoms with Crippen LogP contribution in [0, 0.1) is 5.92 Å². The van der Waals surface area contributed by atoms with E-state index in [1.165, 1.54) is 17.8 Å². The number of rotatable bonds is 7. The highest BCUT2D eigenvalue weighted by molar-refractivity contribution is 8.68. The second kappa shape index (κ2) is 10.7. The first kappa shape index (κ1) is 30.4. The van der Waals surface area contributed by atoms with E-state index in [0.29, 0.717) is 5.92 Å². The van der Waals surface area contributed by atoms with Crippen LogP contribution in [0.15, 0.2) is 29.2 Å². The molecule has 0 radical (unpaired) electrons. The number of halogens is 1. The number of hydrogen-bond acceptors (Lipinski definition) is 9. The Morgan fingerprint density at radius 2 is 2.16 bits per heavy atom. The molecule has 1 unspecified atom stereocenters. The number of hydrogen-bond donors (Lipinski definition) is 1.